The monoisotopic (exact) mass is 407 g/mol. The summed E-state index contributed by atoms with van der Waals surface area (Å²) >= 11 is 0. The summed E-state index contributed by atoms with van der Waals surface area (Å²) in [7, 11) is 0. The number of carboxylic acids is 1. The third kappa shape index (κ3) is 4.59. The number of aliphatic hydroxyl groups excluding tert-OH is 1. The number of hydrogen-bond donors (Lipinski definition) is 2. The topological polar surface area (TPSA) is 94.9 Å². The summed E-state index contributed by atoms with van der Waals surface area (Å²) in [6.45, 7) is 2.24. The largest absolute Gasteiger partial charge is 0.507 e. The van der Waals surface area contributed by atoms with Crippen molar-refractivity contribution >= 4 is 23.4 Å². The number of nitrogens with zero attached hydrogens (tertiary/aromatic N) is 1. The molecule has 2 N–H and O–H groups in total. The number of carbonyl (C=O) groups is 3. The average molecular weight is 407 g/mol. The van der Waals surface area contributed by atoms with E-state index in [0.717, 1.165) is 11.1 Å². The number of aliphatic hydroxyl groups is 1. The van der Waals surface area contributed by atoms with Crippen molar-refractivity contribution in [2.45, 2.75) is 38.6 Å². The van der Waals surface area contributed by atoms with E-state index in [2.05, 4.69) is 0 Å². The van der Waals surface area contributed by atoms with E-state index in [1.807, 2.05) is 49.4 Å². The van der Waals surface area contributed by atoms with Gasteiger partial charge in [0.1, 0.15) is 5.76 Å². The summed E-state index contributed by atoms with van der Waals surface area (Å²) in [6, 6.07) is 15.6. The number of carboxylic acid groups (broad SMARTS) is 1. The highest BCUT2D eigenvalue weighted by Crippen LogP contribution is 2.39. The Bertz CT molecular complexity index is 963. The number of carbonyl (C=O) groups excluding carboxylic acids is 2. The van der Waals surface area contributed by atoms with E-state index in [0.29, 0.717) is 31.4 Å². The molecule has 0 saturated carbocycles. The fourth-order valence-corrected chi connectivity index (χ4v) is 3.69. The predicted octanol–water partition coefficient (Wildman–Crippen LogP) is 4.06. The molecule has 1 aliphatic rings. The van der Waals surface area contributed by atoms with Gasteiger partial charge in [-0.15, -0.1) is 0 Å². The van der Waals surface area contributed by atoms with Crippen LogP contribution in [0.1, 0.15) is 48.4 Å². The van der Waals surface area contributed by atoms with Crippen LogP contribution in [-0.2, 0) is 14.4 Å². The van der Waals surface area contributed by atoms with E-state index in [1.165, 1.54) is 4.90 Å². The van der Waals surface area contributed by atoms with Gasteiger partial charge in [0, 0.05) is 18.5 Å². The van der Waals surface area contributed by atoms with Gasteiger partial charge >= 0.3 is 5.97 Å². The lowest BCUT2D eigenvalue weighted by Gasteiger charge is -2.25. The zero-order chi connectivity index (χ0) is 21.7. The van der Waals surface area contributed by atoms with Crippen LogP contribution in [0.3, 0.4) is 0 Å². The molecule has 1 heterocycles. The fraction of sp³-hybridized carbons (Fsp3) is 0.292. The number of aryl methyl sites for hydroxylation is 1. The number of likely N-dealkylation sites (tertiary alicyclic amines) is 1. The first-order valence-electron chi connectivity index (χ1n) is 10.0. The zero-order valence-electron chi connectivity index (χ0n) is 16.9. The first kappa shape index (κ1) is 21.3. The Morgan fingerprint density at radius 3 is 2.23 bits per heavy atom. The van der Waals surface area contributed by atoms with Gasteiger partial charge in [-0.1, -0.05) is 66.6 Å². The Hall–Kier alpha value is -3.41. The van der Waals surface area contributed by atoms with Crippen molar-refractivity contribution < 1.29 is 24.6 Å². The van der Waals surface area contributed by atoms with Crippen molar-refractivity contribution in [3.05, 3.63) is 76.9 Å². The van der Waals surface area contributed by atoms with Crippen LogP contribution in [0.2, 0.25) is 0 Å². The number of hydrogen-bond acceptors (Lipinski definition) is 4. The van der Waals surface area contributed by atoms with Gasteiger partial charge in [-0.05, 0) is 25.3 Å². The maximum Gasteiger partial charge on any atom is 0.303 e. The van der Waals surface area contributed by atoms with Gasteiger partial charge in [0.2, 0.25) is 0 Å². The fourth-order valence-electron chi connectivity index (χ4n) is 3.69. The molecule has 0 unspecified atom stereocenters. The van der Waals surface area contributed by atoms with Crippen LogP contribution in [-0.4, -0.2) is 39.3 Å². The number of ketones is 1. The number of rotatable bonds is 8. The summed E-state index contributed by atoms with van der Waals surface area (Å²) in [5.74, 6) is -2.38. The smallest absolute Gasteiger partial charge is 0.303 e. The third-order valence-electron chi connectivity index (χ3n) is 5.27. The number of benzene rings is 2. The van der Waals surface area contributed by atoms with Crippen LogP contribution < -0.4 is 0 Å². The summed E-state index contributed by atoms with van der Waals surface area (Å²) < 4.78 is 0. The third-order valence-corrected chi connectivity index (χ3v) is 5.27. The summed E-state index contributed by atoms with van der Waals surface area (Å²) in [6.07, 6.45) is 1.80. The van der Waals surface area contributed by atoms with Crippen molar-refractivity contribution in [1.82, 2.24) is 4.90 Å². The molecule has 0 aromatic heterocycles. The number of unbranched alkanes of at least 4 members (excludes halogenated alkanes) is 2. The molecule has 1 amide bonds. The zero-order valence-corrected chi connectivity index (χ0v) is 16.9. The molecule has 6 nitrogen and oxygen atoms in total. The average Bonchev–Trinajstić information content (AvgIpc) is 2.99. The first-order chi connectivity index (χ1) is 14.4. The number of Topliss-reactive ketones (excluding diaryl/α,β-unsaturated/α-hetero) is 1. The molecule has 1 fully saturated rings. The second kappa shape index (κ2) is 9.39. The van der Waals surface area contributed by atoms with Gasteiger partial charge in [-0.3, -0.25) is 14.4 Å². The van der Waals surface area contributed by atoms with E-state index >= 15 is 0 Å². The van der Waals surface area contributed by atoms with Crippen LogP contribution in [0.25, 0.3) is 5.76 Å². The Kier molecular flexibility index (Phi) is 6.67. The SMILES string of the molecule is Cc1ccc(/C(O)=C2\C(=O)C(=O)N(CCCCCC(=O)O)[C@@H]2c2ccccc2)cc1. The number of amides is 1. The van der Waals surface area contributed by atoms with E-state index in [1.54, 1.807) is 12.1 Å². The Labute approximate surface area is 175 Å². The molecule has 1 saturated heterocycles. The van der Waals surface area contributed by atoms with Crippen molar-refractivity contribution in [3.63, 3.8) is 0 Å². The van der Waals surface area contributed by atoms with E-state index in [-0.39, 0.29) is 17.8 Å². The molecular weight excluding hydrogens is 382 g/mol. The lowest BCUT2D eigenvalue weighted by molar-refractivity contribution is -0.140. The van der Waals surface area contributed by atoms with Crippen LogP contribution in [0.15, 0.2) is 60.2 Å². The molecule has 3 rings (SSSR count). The molecule has 1 atom stereocenters. The Morgan fingerprint density at radius 1 is 0.933 bits per heavy atom. The second-order valence-electron chi connectivity index (χ2n) is 7.47. The van der Waals surface area contributed by atoms with Gasteiger partial charge in [-0.25, -0.2) is 0 Å². The maximum atomic E-state index is 12.9. The van der Waals surface area contributed by atoms with Crippen molar-refractivity contribution in [1.29, 1.82) is 0 Å². The van der Waals surface area contributed by atoms with Crippen molar-refractivity contribution in [2.75, 3.05) is 6.54 Å². The minimum Gasteiger partial charge on any atom is -0.507 e. The normalized spacial score (nSPS) is 18.0. The van der Waals surface area contributed by atoms with Crippen LogP contribution in [0.4, 0.5) is 0 Å². The molecule has 30 heavy (non-hydrogen) atoms. The van der Waals surface area contributed by atoms with Crippen LogP contribution in [0, 0.1) is 6.92 Å². The lowest BCUT2D eigenvalue weighted by Crippen LogP contribution is -2.30. The first-order valence-corrected chi connectivity index (χ1v) is 10.0. The van der Waals surface area contributed by atoms with Crippen LogP contribution in [0.5, 0.6) is 0 Å². The molecule has 1 aliphatic heterocycles. The minimum absolute atomic E-state index is 0.0777. The molecule has 2 aromatic carbocycles. The highest BCUT2D eigenvalue weighted by molar-refractivity contribution is 6.46. The highest BCUT2D eigenvalue weighted by atomic mass is 16.4. The molecule has 0 spiro atoms. The Morgan fingerprint density at radius 2 is 1.60 bits per heavy atom. The molecule has 156 valence electrons. The van der Waals surface area contributed by atoms with Crippen LogP contribution >= 0.6 is 0 Å². The summed E-state index contributed by atoms with van der Waals surface area (Å²) in [4.78, 5) is 37.8. The maximum absolute atomic E-state index is 12.9. The Balaban J connectivity index is 1.94. The van der Waals surface area contributed by atoms with Crippen molar-refractivity contribution in [3.8, 4) is 0 Å². The lowest BCUT2D eigenvalue weighted by atomic mass is 9.95. The standard InChI is InChI=1S/C24H25NO5/c1-16-11-13-18(14-12-16)22(28)20-21(17-8-4-2-5-9-17)25(24(30)23(20)29)15-7-3-6-10-19(26)27/h2,4-5,8-9,11-14,21,28H,3,6-7,10,15H2,1H3,(H,26,27)/b22-20+/t21-/m1/s1. The van der Waals surface area contributed by atoms with E-state index < -0.39 is 23.7 Å². The molecule has 0 bridgehead atoms. The van der Waals surface area contributed by atoms with Crippen molar-refractivity contribution in [2.24, 2.45) is 0 Å². The molecule has 6 heteroatoms. The number of aliphatic carboxylic acids is 1. The molecular formula is C24H25NO5. The second-order valence-corrected chi connectivity index (χ2v) is 7.47. The van der Waals surface area contributed by atoms with E-state index in [4.69, 9.17) is 5.11 Å². The van der Waals surface area contributed by atoms with Gasteiger partial charge < -0.3 is 15.1 Å². The van der Waals surface area contributed by atoms with E-state index in [9.17, 15) is 19.5 Å². The summed E-state index contributed by atoms with van der Waals surface area (Å²) in [5, 5.41) is 19.7. The summed E-state index contributed by atoms with van der Waals surface area (Å²) in [5.41, 5.74) is 2.34. The quantitative estimate of drug-likeness (QED) is 0.298. The highest BCUT2D eigenvalue weighted by Gasteiger charge is 2.45. The minimum atomic E-state index is -0.849. The predicted molar refractivity (Wildman–Crippen MR) is 113 cm³/mol. The molecule has 2 aromatic rings. The van der Waals surface area contributed by atoms with Gasteiger partial charge in [0.25, 0.3) is 11.7 Å². The van der Waals surface area contributed by atoms with Gasteiger partial charge in [0.05, 0.1) is 11.6 Å². The van der Waals surface area contributed by atoms with Gasteiger partial charge in [-0.2, -0.15) is 0 Å². The van der Waals surface area contributed by atoms with Gasteiger partial charge in [0.15, 0.2) is 0 Å². The molecule has 0 aliphatic carbocycles. The molecule has 0 radical (unpaired) electrons.